The summed E-state index contributed by atoms with van der Waals surface area (Å²) in [5.41, 5.74) is 0. The van der Waals surface area contributed by atoms with E-state index in [0.717, 1.165) is 0 Å². The molecule has 5 heteroatoms. The molecule has 0 rings (SSSR count). The fourth-order valence-electron chi connectivity index (χ4n) is 0.578. The van der Waals surface area contributed by atoms with E-state index in [1.807, 2.05) is 0 Å². The standard InChI is InChI=1S/C7H12O4S/c1-4-11-7(8)5(2)6(3)12(9)10/h5H,4H2,1-3H3. The van der Waals surface area contributed by atoms with Gasteiger partial charge in [0.15, 0.2) is 0 Å². The van der Waals surface area contributed by atoms with E-state index in [1.165, 1.54) is 13.8 Å². The van der Waals surface area contributed by atoms with Crippen LogP contribution in [0, 0.1) is 5.92 Å². The van der Waals surface area contributed by atoms with Crippen LogP contribution in [0.3, 0.4) is 0 Å². The Morgan fingerprint density at radius 1 is 1.50 bits per heavy atom. The highest BCUT2D eigenvalue weighted by atomic mass is 32.2. The lowest BCUT2D eigenvalue weighted by Crippen LogP contribution is -2.21. The predicted molar refractivity (Wildman–Crippen MR) is 45.4 cm³/mol. The lowest BCUT2D eigenvalue weighted by atomic mass is 10.1. The first-order valence-corrected chi connectivity index (χ1v) is 4.67. The van der Waals surface area contributed by atoms with Crippen LogP contribution in [0.1, 0.15) is 20.8 Å². The fourth-order valence-corrected chi connectivity index (χ4v) is 0.962. The van der Waals surface area contributed by atoms with Gasteiger partial charge < -0.3 is 4.74 Å². The second kappa shape index (κ2) is 4.92. The molecule has 0 fully saturated rings. The quantitative estimate of drug-likeness (QED) is 0.475. The average Bonchev–Trinajstić information content (AvgIpc) is 2.02. The van der Waals surface area contributed by atoms with Crippen molar-refractivity contribution in [2.75, 3.05) is 6.61 Å². The van der Waals surface area contributed by atoms with Crippen LogP contribution in [-0.2, 0) is 19.8 Å². The van der Waals surface area contributed by atoms with Crippen LogP contribution in [0.4, 0.5) is 0 Å². The van der Waals surface area contributed by atoms with Crippen LogP contribution in [0.25, 0.3) is 0 Å². The molecule has 0 saturated heterocycles. The molecule has 1 atom stereocenters. The third kappa shape index (κ3) is 3.04. The number of esters is 1. The molecular weight excluding hydrogens is 180 g/mol. The number of carbonyl (C=O) groups is 1. The van der Waals surface area contributed by atoms with Gasteiger partial charge in [0.2, 0.25) is 10.3 Å². The van der Waals surface area contributed by atoms with Crippen LogP contribution >= 0.6 is 0 Å². The largest absolute Gasteiger partial charge is 0.466 e. The third-order valence-corrected chi connectivity index (χ3v) is 2.39. The highest BCUT2D eigenvalue weighted by Gasteiger charge is 2.17. The molecule has 0 bridgehead atoms. The van der Waals surface area contributed by atoms with Crippen molar-refractivity contribution in [2.24, 2.45) is 5.92 Å². The van der Waals surface area contributed by atoms with Gasteiger partial charge in [0.25, 0.3) is 0 Å². The maximum absolute atomic E-state index is 11.0. The van der Waals surface area contributed by atoms with Gasteiger partial charge in [0, 0.05) is 0 Å². The Labute approximate surface area is 73.1 Å². The third-order valence-electron chi connectivity index (χ3n) is 1.51. The summed E-state index contributed by atoms with van der Waals surface area (Å²) < 4.78 is 25.5. The first-order chi connectivity index (χ1) is 5.50. The molecule has 0 aromatic rings. The topological polar surface area (TPSA) is 60.4 Å². The van der Waals surface area contributed by atoms with Gasteiger partial charge in [0.1, 0.15) is 0 Å². The second-order valence-electron chi connectivity index (χ2n) is 2.32. The lowest BCUT2D eigenvalue weighted by molar-refractivity contribution is -0.144. The summed E-state index contributed by atoms with van der Waals surface area (Å²) in [6.45, 7) is 4.84. The molecule has 1 unspecified atom stereocenters. The minimum absolute atomic E-state index is 0.105. The highest BCUT2D eigenvalue weighted by molar-refractivity contribution is 7.73. The normalized spacial score (nSPS) is 11.9. The van der Waals surface area contributed by atoms with Crippen LogP contribution in [0.5, 0.6) is 0 Å². The fraction of sp³-hybridized carbons (Fsp3) is 0.714. The van der Waals surface area contributed by atoms with E-state index in [1.54, 1.807) is 6.92 Å². The van der Waals surface area contributed by atoms with Crippen molar-refractivity contribution in [3.05, 3.63) is 0 Å². The molecule has 0 spiro atoms. The number of carbonyl (C=O) groups excluding carboxylic acids is 1. The Bertz CT molecular complexity index is 281. The maximum Gasteiger partial charge on any atom is 0.313 e. The Balaban J connectivity index is 4.52. The molecule has 0 amide bonds. The van der Waals surface area contributed by atoms with Crippen LogP contribution in [-0.4, -0.2) is 25.9 Å². The Morgan fingerprint density at radius 3 is 2.33 bits per heavy atom. The van der Waals surface area contributed by atoms with Gasteiger partial charge in [-0.1, -0.05) is 0 Å². The Morgan fingerprint density at radius 2 is 2.00 bits per heavy atom. The summed E-state index contributed by atoms with van der Waals surface area (Å²) in [4.78, 5) is 11.1. The van der Waals surface area contributed by atoms with E-state index in [-0.39, 0.29) is 11.5 Å². The molecule has 70 valence electrons. The minimum atomic E-state index is -2.30. The number of hydrogen-bond donors (Lipinski definition) is 0. The monoisotopic (exact) mass is 192 g/mol. The minimum Gasteiger partial charge on any atom is -0.466 e. The zero-order chi connectivity index (χ0) is 9.72. The van der Waals surface area contributed by atoms with Gasteiger partial charge in [-0.05, 0) is 20.8 Å². The first-order valence-electron chi connectivity index (χ1n) is 3.60. The molecule has 0 aromatic heterocycles. The van der Waals surface area contributed by atoms with Crippen molar-refractivity contribution in [1.82, 2.24) is 0 Å². The van der Waals surface area contributed by atoms with E-state index >= 15 is 0 Å². The maximum atomic E-state index is 11.0. The van der Waals surface area contributed by atoms with Crippen molar-refractivity contribution >= 4 is 21.1 Å². The molecule has 0 aliphatic heterocycles. The van der Waals surface area contributed by atoms with E-state index in [9.17, 15) is 13.2 Å². The van der Waals surface area contributed by atoms with Gasteiger partial charge >= 0.3 is 5.97 Å². The van der Waals surface area contributed by atoms with Crippen molar-refractivity contribution < 1.29 is 17.9 Å². The van der Waals surface area contributed by atoms with Gasteiger partial charge in [-0.2, -0.15) is 8.42 Å². The van der Waals surface area contributed by atoms with Crippen molar-refractivity contribution in [1.29, 1.82) is 0 Å². The molecule has 4 nitrogen and oxygen atoms in total. The SMILES string of the molecule is CCOC(=O)C(C)C(C)=S(=O)=O. The smallest absolute Gasteiger partial charge is 0.313 e. The summed E-state index contributed by atoms with van der Waals surface area (Å²) in [6, 6.07) is 0. The Hall–Kier alpha value is -0.840. The second-order valence-corrected chi connectivity index (χ2v) is 3.43. The van der Waals surface area contributed by atoms with E-state index < -0.39 is 22.2 Å². The summed E-state index contributed by atoms with van der Waals surface area (Å²) in [7, 11) is -2.30. The molecule has 0 N–H and O–H groups in total. The molecule has 0 aliphatic rings. The number of ether oxygens (including phenoxy) is 1. The predicted octanol–water partition coefficient (Wildman–Crippen LogP) is 0.257. The Kier molecular flexibility index (Phi) is 4.58. The summed E-state index contributed by atoms with van der Waals surface area (Å²) in [5, 5.41) is 0. The summed E-state index contributed by atoms with van der Waals surface area (Å²) in [5.74, 6) is -1.18. The van der Waals surface area contributed by atoms with Crippen molar-refractivity contribution in [3.8, 4) is 0 Å². The highest BCUT2D eigenvalue weighted by Crippen LogP contribution is 2.00. The molecule has 0 aromatic carbocycles. The number of rotatable bonds is 3. The zero-order valence-electron chi connectivity index (χ0n) is 7.33. The van der Waals surface area contributed by atoms with E-state index in [0.29, 0.717) is 0 Å². The van der Waals surface area contributed by atoms with Gasteiger partial charge in [-0.25, -0.2) is 0 Å². The van der Waals surface area contributed by atoms with E-state index in [2.05, 4.69) is 4.74 Å². The molecule has 0 heterocycles. The van der Waals surface area contributed by atoms with Crippen molar-refractivity contribution in [2.45, 2.75) is 20.8 Å². The molecule has 0 aliphatic carbocycles. The average molecular weight is 192 g/mol. The molecule has 0 radical (unpaired) electrons. The van der Waals surface area contributed by atoms with Gasteiger partial charge in [-0.3, -0.25) is 4.79 Å². The molecular formula is C7H12O4S. The summed E-state index contributed by atoms with van der Waals surface area (Å²) in [6.07, 6.45) is 0. The zero-order valence-corrected chi connectivity index (χ0v) is 8.14. The number of hydrogen-bond acceptors (Lipinski definition) is 4. The molecule has 0 saturated carbocycles. The summed E-state index contributed by atoms with van der Waals surface area (Å²) >= 11 is 0. The van der Waals surface area contributed by atoms with Crippen LogP contribution in [0.2, 0.25) is 0 Å². The molecule has 12 heavy (non-hydrogen) atoms. The van der Waals surface area contributed by atoms with Gasteiger partial charge in [0.05, 0.1) is 17.4 Å². The first kappa shape index (κ1) is 11.2. The van der Waals surface area contributed by atoms with Crippen molar-refractivity contribution in [3.63, 3.8) is 0 Å². The van der Waals surface area contributed by atoms with Crippen LogP contribution < -0.4 is 0 Å². The van der Waals surface area contributed by atoms with Gasteiger partial charge in [-0.15, -0.1) is 0 Å². The van der Waals surface area contributed by atoms with E-state index in [4.69, 9.17) is 0 Å². The lowest BCUT2D eigenvalue weighted by Gasteiger charge is -2.06. The van der Waals surface area contributed by atoms with Crippen LogP contribution in [0.15, 0.2) is 0 Å².